The van der Waals surface area contributed by atoms with E-state index in [9.17, 15) is 4.79 Å². The van der Waals surface area contributed by atoms with E-state index in [1.807, 2.05) is 53.4 Å². The zero-order chi connectivity index (χ0) is 19.3. The molecular weight excluding hydrogens is 370 g/mol. The van der Waals surface area contributed by atoms with Gasteiger partial charge < -0.3 is 4.90 Å². The first-order valence-corrected chi connectivity index (χ1v) is 10.5. The van der Waals surface area contributed by atoms with Gasteiger partial charge in [0.1, 0.15) is 0 Å². The van der Waals surface area contributed by atoms with Crippen LogP contribution < -0.4 is 0 Å². The highest BCUT2D eigenvalue weighted by Gasteiger charge is 2.34. The molecule has 1 aliphatic rings. The molecule has 1 saturated carbocycles. The number of aromatic nitrogens is 4. The molecule has 0 N–H and O–H groups in total. The third-order valence-electron chi connectivity index (χ3n) is 5.08. The molecule has 3 aromatic rings. The van der Waals surface area contributed by atoms with E-state index in [2.05, 4.69) is 34.6 Å². The third-order valence-corrected chi connectivity index (χ3v) is 5.98. The number of nitrogens with zero attached hydrogens (tertiary/aromatic N) is 5. The van der Waals surface area contributed by atoms with Crippen molar-refractivity contribution in [2.75, 3.05) is 5.75 Å². The number of hydrogen-bond donors (Lipinski definition) is 0. The van der Waals surface area contributed by atoms with Crippen LogP contribution in [0.1, 0.15) is 25.3 Å². The predicted octanol–water partition coefficient (Wildman–Crippen LogP) is 3.58. The Kier molecular flexibility index (Phi) is 5.71. The van der Waals surface area contributed by atoms with Gasteiger partial charge in [0.25, 0.3) is 0 Å². The number of hydrogen-bond acceptors (Lipinski definition) is 5. The molecule has 2 aromatic carbocycles. The van der Waals surface area contributed by atoms with Gasteiger partial charge in [-0.15, -0.1) is 5.10 Å². The van der Waals surface area contributed by atoms with Crippen LogP contribution in [-0.4, -0.2) is 42.8 Å². The zero-order valence-corrected chi connectivity index (χ0v) is 16.6. The van der Waals surface area contributed by atoms with E-state index in [1.54, 1.807) is 4.68 Å². The fourth-order valence-electron chi connectivity index (χ4n) is 3.28. The third kappa shape index (κ3) is 4.42. The van der Waals surface area contributed by atoms with Crippen LogP contribution in [0.3, 0.4) is 0 Å². The molecule has 28 heavy (non-hydrogen) atoms. The van der Waals surface area contributed by atoms with Crippen molar-refractivity contribution in [1.82, 2.24) is 25.1 Å². The number of carbonyl (C=O) groups is 1. The molecule has 7 heteroatoms. The highest BCUT2D eigenvalue weighted by Crippen LogP contribution is 2.36. The Hall–Kier alpha value is -2.67. The Morgan fingerprint density at radius 1 is 1.14 bits per heavy atom. The van der Waals surface area contributed by atoms with Crippen molar-refractivity contribution in [3.8, 4) is 5.69 Å². The lowest BCUT2D eigenvalue weighted by Crippen LogP contribution is -2.40. The maximum atomic E-state index is 13.1. The Balaban J connectivity index is 1.46. The predicted molar refractivity (Wildman–Crippen MR) is 109 cm³/mol. The van der Waals surface area contributed by atoms with Crippen molar-refractivity contribution in [2.45, 2.75) is 37.5 Å². The molecule has 0 radical (unpaired) electrons. The fourth-order valence-corrected chi connectivity index (χ4v) is 4.06. The standard InChI is InChI=1S/C21H23N5OS/c1-16(18-12-13-18)25(14-17-8-4-2-5-9-17)20(27)15-28-21-22-23-24-26(21)19-10-6-3-7-11-19/h2-11,16,18H,12-15H2,1H3/t16-/m0/s1. The molecule has 4 rings (SSSR count). The van der Waals surface area contributed by atoms with Gasteiger partial charge in [0, 0.05) is 12.6 Å². The van der Waals surface area contributed by atoms with Crippen LogP contribution in [0.5, 0.6) is 0 Å². The summed E-state index contributed by atoms with van der Waals surface area (Å²) in [5.41, 5.74) is 2.04. The van der Waals surface area contributed by atoms with Gasteiger partial charge in [-0.2, -0.15) is 4.68 Å². The van der Waals surface area contributed by atoms with Crippen LogP contribution in [0.4, 0.5) is 0 Å². The summed E-state index contributed by atoms with van der Waals surface area (Å²) in [6.07, 6.45) is 2.41. The summed E-state index contributed by atoms with van der Waals surface area (Å²) in [6, 6.07) is 20.1. The Morgan fingerprint density at radius 3 is 2.50 bits per heavy atom. The van der Waals surface area contributed by atoms with Crippen LogP contribution in [0, 0.1) is 5.92 Å². The van der Waals surface area contributed by atoms with Gasteiger partial charge in [-0.3, -0.25) is 4.79 Å². The maximum absolute atomic E-state index is 13.1. The summed E-state index contributed by atoms with van der Waals surface area (Å²) in [5.74, 6) is 1.06. The molecule has 1 aromatic heterocycles. The number of tetrazole rings is 1. The Labute approximate surface area is 168 Å². The molecule has 1 heterocycles. The highest BCUT2D eigenvalue weighted by molar-refractivity contribution is 7.99. The quantitative estimate of drug-likeness (QED) is 0.547. The molecule has 0 spiro atoms. The molecule has 1 fully saturated rings. The molecular formula is C21H23N5OS. The minimum absolute atomic E-state index is 0.121. The van der Waals surface area contributed by atoms with Crippen LogP contribution in [0.25, 0.3) is 5.69 Å². The van der Waals surface area contributed by atoms with E-state index >= 15 is 0 Å². The summed E-state index contributed by atoms with van der Waals surface area (Å²) < 4.78 is 1.67. The van der Waals surface area contributed by atoms with E-state index < -0.39 is 0 Å². The molecule has 1 amide bonds. The van der Waals surface area contributed by atoms with Crippen molar-refractivity contribution in [2.24, 2.45) is 5.92 Å². The maximum Gasteiger partial charge on any atom is 0.233 e. The minimum Gasteiger partial charge on any atom is -0.335 e. The van der Waals surface area contributed by atoms with E-state index in [-0.39, 0.29) is 11.9 Å². The van der Waals surface area contributed by atoms with Crippen LogP contribution in [-0.2, 0) is 11.3 Å². The monoisotopic (exact) mass is 393 g/mol. The second kappa shape index (κ2) is 8.56. The van der Waals surface area contributed by atoms with Gasteiger partial charge in [0.15, 0.2) is 0 Å². The van der Waals surface area contributed by atoms with Crippen molar-refractivity contribution in [1.29, 1.82) is 0 Å². The first-order chi connectivity index (χ1) is 13.7. The Bertz CT molecular complexity index is 911. The average Bonchev–Trinajstić information content (AvgIpc) is 3.49. The van der Waals surface area contributed by atoms with Crippen molar-refractivity contribution < 1.29 is 4.79 Å². The topological polar surface area (TPSA) is 63.9 Å². The number of benzene rings is 2. The lowest BCUT2D eigenvalue weighted by molar-refractivity contribution is -0.131. The molecule has 0 aliphatic heterocycles. The summed E-state index contributed by atoms with van der Waals surface area (Å²) in [5, 5.41) is 12.6. The van der Waals surface area contributed by atoms with Crippen LogP contribution >= 0.6 is 11.8 Å². The van der Waals surface area contributed by atoms with E-state index in [0.717, 1.165) is 11.3 Å². The minimum atomic E-state index is 0.121. The summed E-state index contributed by atoms with van der Waals surface area (Å²) in [6.45, 7) is 2.80. The first-order valence-electron chi connectivity index (χ1n) is 9.52. The van der Waals surface area contributed by atoms with Crippen molar-refractivity contribution in [3.05, 3.63) is 66.2 Å². The van der Waals surface area contributed by atoms with Gasteiger partial charge in [-0.25, -0.2) is 0 Å². The van der Waals surface area contributed by atoms with Crippen LogP contribution in [0.2, 0.25) is 0 Å². The average molecular weight is 394 g/mol. The largest absolute Gasteiger partial charge is 0.335 e. The van der Waals surface area contributed by atoms with Gasteiger partial charge in [-0.05, 0) is 53.8 Å². The van der Waals surface area contributed by atoms with Crippen molar-refractivity contribution >= 4 is 17.7 Å². The second-order valence-corrected chi connectivity index (χ2v) is 8.03. The summed E-state index contributed by atoms with van der Waals surface area (Å²) in [7, 11) is 0. The molecule has 0 unspecified atom stereocenters. The van der Waals surface area contributed by atoms with E-state index in [1.165, 1.54) is 24.6 Å². The lowest BCUT2D eigenvalue weighted by Gasteiger charge is -2.29. The first kappa shape index (κ1) is 18.7. The Morgan fingerprint density at radius 2 is 1.82 bits per heavy atom. The number of amides is 1. The molecule has 1 atom stereocenters. The fraction of sp³-hybridized carbons (Fsp3) is 0.333. The summed E-state index contributed by atoms with van der Waals surface area (Å²) in [4.78, 5) is 15.1. The highest BCUT2D eigenvalue weighted by atomic mass is 32.2. The lowest BCUT2D eigenvalue weighted by atomic mass is 10.1. The summed E-state index contributed by atoms with van der Waals surface area (Å²) >= 11 is 1.38. The van der Waals surface area contributed by atoms with E-state index in [0.29, 0.717) is 23.4 Å². The normalized spacial score (nSPS) is 14.6. The number of rotatable bonds is 8. The molecule has 6 nitrogen and oxygen atoms in total. The van der Waals surface area contributed by atoms with Gasteiger partial charge in [0.2, 0.25) is 11.1 Å². The van der Waals surface area contributed by atoms with Crippen LogP contribution in [0.15, 0.2) is 65.8 Å². The second-order valence-electron chi connectivity index (χ2n) is 7.08. The smallest absolute Gasteiger partial charge is 0.233 e. The SMILES string of the molecule is C[C@@H](C1CC1)N(Cc1ccccc1)C(=O)CSc1nnnn1-c1ccccc1. The number of carbonyl (C=O) groups excluding carboxylic acids is 1. The van der Waals surface area contributed by atoms with Crippen molar-refractivity contribution in [3.63, 3.8) is 0 Å². The number of para-hydroxylation sites is 1. The van der Waals surface area contributed by atoms with Gasteiger partial charge in [0.05, 0.1) is 11.4 Å². The van der Waals surface area contributed by atoms with Gasteiger partial charge >= 0.3 is 0 Å². The number of thioether (sulfide) groups is 1. The molecule has 1 aliphatic carbocycles. The van der Waals surface area contributed by atoms with Gasteiger partial charge in [-0.1, -0.05) is 60.3 Å². The molecule has 144 valence electrons. The molecule has 0 bridgehead atoms. The van der Waals surface area contributed by atoms with E-state index in [4.69, 9.17) is 0 Å². The zero-order valence-electron chi connectivity index (χ0n) is 15.8. The molecule has 0 saturated heterocycles.